The molecular formula is C15H21N3O3. The Bertz CT molecular complexity index is 620. The molecule has 6 nitrogen and oxygen atoms in total. The van der Waals surface area contributed by atoms with E-state index in [4.69, 9.17) is 0 Å². The van der Waals surface area contributed by atoms with E-state index in [0.717, 1.165) is 6.54 Å². The molecule has 6 heteroatoms. The molecule has 0 aliphatic heterocycles. The second-order valence-corrected chi connectivity index (χ2v) is 4.96. The average Bonchev–Trinajstić information content (AvgIpc) is 2.88. The fraction of sp³-hybridized carbons (Fsp3) is 0.400. The van der Waals surface area contributed by atoms with Gasteiger partial charge in [0.05, 0.1) is 6.10 Å². The average molecular weight is 291 g/mol. The minimum Gasteiger partial charge on any atom is -0.508 e. The third-order valence-electron chi connectivity index (χ3n) is 3.51. The number of aromatic nitrogens is 2. The van der Waals surface area contributed by atoms with Gasteiger partial charge in [-0.2, -0.15) is 0 Å². The summed E-state index contributed by atoms with van der Waals surface area (Å²) in [4.78, 5) is 16.1. The summed E-state index contributed by atoms with van der Waals surface area (Å²) < 4.78 is 1.60. The SMILES string of the molecule is CCN(CCn1cc[nH]c1=O)CC(O)c1cccc(O)c1. The third kappa shape index (κ3) is 4.21. The number of phenols is 1. The maximum Gasteiger partial charge on any atom is 0.325 e. The van der Waals surface area contributed by atoms with E-state index >= 15 is 0 Å². The lowest BCUT2D eigenvalue weighted by Crippen LogP contribution is -2.33. The van der Waals surface area contributed by atoms with Crippen molar-refractivity contribution in [2.24, 2.45) is 0 Å². The first-order valence-electron chi connectivity index (χ1n) is 7.03. The van der Waals surface area contributed by atoms with Gasteiger partial charge >= 0.3 is 5.69 Å². The van der Waals surface area contributed by atoms with Crippen LogP contribution in [0.5, 0.6) is 5.75 Å². The van der Waals surface area contributed by atoms with Gasteiger partial charge < -0.3 is 15.2 Å². The van der Waals surface area contributed by atoms with Crippen LogP contribution < -0.4 is 5.69 Å². The number of aliphatic hydroxyl groups excluding tert-OH is 1. The number of phenolic OH excluding ortho intramolecular Hbond substituents is 1. The zero-order valence-corrected chi connectivity index (χ0v) is 12.1. The third-order valence-corrected chi connectivity index (χ3v) is 3.51. The highest BCUT2D eigenvalue weighted by atomic mass is 16.3. The van der Waals surface area contributed by atoms with Crippen molar-refractivity contribution in [2.45, 2.75) is 19.6 Å². The highest BCUT2D eigenvalue weighted by molar-refractivity contribution is 5.28. The minimum atomic E-state index is -0.667. The van der Waals surface area contributed by atoms with Crippen molar-refractivity contribution < 1.29 is 10.2 Å². The topological polar surface area (TPSA) is 81.5 Å². The van der Waals surface area contributed by atoms with E-state index in [9.17, 15) is 15.0 Å². The first kappa shape index (κ1) is 15.3. The Labute approximate surface area is 123 Å². The Morgan fingerprint density at radius 2 is 2.24 bits per heavy atom. The number of imidazole rings is 1. The summed E-state index contributed by atoms with van der Waals surface area (Å²) in [6.07, 6.45) is 2.65. The second-order valence-electron chi connectivity index (χ2n) is 4.96. The van der Waals surface area contributed by atoms with Gasteiger partial charge in [-0.15, -0.1) is 0 Å². The zero-order chi connectivity index (χ0) is 15.2. The predicted octanol–water partition coefficient (Wildman–Crippen LogP) is 0.937. The van der Waals surface area contributed by atoms with Gasteiger partial charge in [0.25, 0.3) is 0 Å². The Morgan fingerprint density at radius 1 is 1.43 bits per heavy atom. The van der Waals surface area contributed by atoms with Gasteiger partial charge in [-0.3, -0.25) is 9.47 Å². The van der Waals surface area contributed by atoms with Crippen LogP contribution >= 0.6 is 0 Å². The number of aromatic hydroxyl groups is 1. The number of hydrogen-bond donors (Lipinski definition) is 3. The molecule has 1 unspecified atom stereocenters. The molecule has 1 heterocycles. The Balaban J connectivity index is 1.92. The maximum atomic E-state index is 11.4. The molecular weight excluding hydrogens is 270 g/mol. The number of aliphatic hydroxyl groups is 1. The summed E-state index contributed by atoms with van der Waals surface area (Å²) in [6, 6.07) is 6.64. The monoisotopic (exact) mass is 291 g/mol. The van der Waals surface area contributed by atoms with Crippen LogP contribution in [-0.4, -0.2) is 44.3 Å². The summed E-state index contributed by atoms with van der Waals surface area (Å²) in [5.41, 5.74) is 0.562. The first-order valence-corrected chi connectivity index (χ1v) is 7.03. The Morgan fingerprint density at radius 3 is 2.86 bits per heavy atom. The summed E-state index contributed by atoms with van der Waals surface area (Å²) >= 11 is 0. The Hall–Kier alpha value is -2.05. The van der Waals surface area contributed by atoms with Crippen molar-refractivity contribution >= 4 is 0 Å². The molecule has 0 aliphatic carbocycles. The van der Waals surface area contributed by atoms with Gasteiger partial charge in [-0.05, 0) is 24.2 Å². The van der Waals surface area contributed by atoms with Crippen LogP contribution in [-0.2, 0) is 6.54 Å². The van der Waals surface area contributed by atoms with Crippen LogP contribution in [0.4, 0.5) is 0 Å². The molecule has 0 amide bonds. The van der Waals surface area contributed by atoms with E-state index in [1.807, 2.05) is 6.92 Å². The number of rotatable bonds is 7. The second kappa shape index (κ2) is 7.10. The van der Waals surface area contributed by atoms with Crippen molar-refractivity contribution in [1.82, 2.24) is 14.5 Å². The highest BCUT2D eigenvalue weighted by Gasteiger charge is 2.13. The number of nitrogens with zero attached hydrogens (tertiary/aromatic N) is 2. The van der Waals surface area contributed by atoms with Crippen LogP contribution in [0.2, 0.25) is 0 Å². The molecule has 21 heavy (non-hydrogen) atoms. The largest absolute Gasteiger partial charge is 0.508 e. The molecule has 1 aromatic carbocycles. The van der Waals surface area contributed by atoms with Gasteiger partial charge in [0, 0.05) is 32.0 Å². The smallest absolute Gasteiger partial charge is 0.325 e. The molecule has 0 radical (unpaired) electrons. The first-order chi connectivity index (χ1) is 10.1. The van der Waals surface area contributed by atoms with E-state index in [-0.39, 0.29) is 11.4 Å². The zero-order valence-electron chi connectivity index (χ0n) is 12.1. The van der Waals surface area contributed by atoms with Crippen molar-refractivity contribution in [1.29, 1.82) is 0 Å². The minimum absolute atomic E-state index is 0.125. The van der Waals surface area contributed by atoms with Gasteiger partial charge in [-0.1, -0.05) is 19.1 Å². The molecule has 1 aromatic heterocycles. The molecule has 0 spiro atoms. The summed E-state index contributed by atoms with van der Waals surface area (Å²) in [5.74, 6) is 0.147. The lowest BCUT2D eigenvalue weighted by molar-refractivity contribution is 0.113. The number of H-pyrrole nitrogens is 1. The lowest BCUT2D eigenvalue weighted by atomic mass is 10.1. The number of hydrogen-bond acceptors (Lipinski definition) is 4. The number of aromatic amines is 1. The maximum absolute atomic E-state index is 11.4. The van der Waals surface area contributed by atoms with Crippen LogP contribution in [0.25, 0.3) is 0 Å². The molecule has 0 bridgehead atoms. The fourth-order valence-electron chi connectivity index (χ4n) is 2.23. The summed E-state index contributed by atoms with van der Waals surface area (Å²) in [5, 5.41) is 19.7. The number of nitrogens with one attached hydrogen (secondary N) is 1. The molecule has 2 aromatic rings. The van der Waals surface area contributed by atoms with Gasteiger partial charge in [-0.25, -0.2) is 4.79 Å². The molecule has 1 atom stereocenters. The predicted molar refractivity (Wildman–Crippen MR) is 80.2 cm³/mol. The van der Waals surface area contributed by atoms with E-state index in [0.29, 0.717) is 25.2 Å². The highest BCUT2D eigenvalue weighted by Crippen LogP contribution is 2.19. The van der Waals surface area contributed by atoms with Crippen molar-refractivity contribution in [3.63, 3.8) is 0 Å². The van der Waals surface area contributed by atoms with Crippen molar-refractivity contribution in [3.05, 3.63) is 52.7 Å². The summed E-state index contributed by atoms with van der Waals surface area (Å²) in [7, 11) is 0. The molecule has 0 aliphatic rings. The molecule has 0 saturated carbocycles. The standard InChI is InChI=1S/C15H21N3O3/c1-2-17(8-9-18-7-6-16-15(18)21)11-14(20)12-4-3-5-13(19)10-12/h3-7,10,14,19-20H,2,8-9,11H2,1H3,(H,16,21). The molecule has 3 N–H and O–H groups in total. The van der Waals surface area contributed by atoms with E-state index in [2.05, 4.69) is 9.88 Å². The van der Waals surface area contributed by atoms with Crippen molar-refractivity contribution in [3.8, 4) is 5.75 Å². The molecule has 114 valence electrons. The van der Waals surface area contributed by atoms with Crippen LogP contribution in [0.1, 0.15) is 18.6 Å². The quantitative estimate of drug-likeness (QED) is 0.709. The fourth-order valence-corrected chi connectivity index (χ4v) is 2.23. The molecule has 2 rings (SSSR count). The van der Waals surface area contributed by atoms with Gasteiger partial charge in [0.15, 0.2) is 0 Å². The van der Waals surface area contributed by atoms with E-state index in [1.54, 1.807) is 41.2 Å². The summed E-state index contributed by atoms with van der Waals surface area (Å²) in [6.45, 7) is 4.48. The van der Waals surface area contributed by atoms with Crippen LogP contribution in [0.15, 0.2) is 41.5 Å². The molecule has 0 fully saturated rings. The lowest BCUT2D eigenvalue weighted by Gasteiger charge is -2.23. The normalized spacial score (nSPS) is 12.7. The number of benzene rings is 1. The van der Waals surface area contributed by atoms with Gasteiger partial charge in [0.2, 0.25) is 0 Å². The van der Waals surface area contributed by atoms with Crippen LogP contribution in [0.3, 0.4) is 0 Å². The van der Waals surface area contributed by atoms with E-state index in [1.165, 1.54) is 0 Å². The number of likely N-dealkylation sites (N-methyl/N-ethyl adjacent to an activating group) is 1. The Kier molecular flexibility index (Phi) is 5.19. The van der Waals surface area contributed by atoms with Gasteiger partial charge in [0.1, 0.15) is 5.75 Å². The van der Waals surface area contributed by atoms with Crippen molar-refractivity contribution in [2.75, 3.05) is 19.6 Å². The van der Waals surface area contributed by atoms with E-state index < -0.39 is 6.10 Å². The van der Waals surface area contributed by atoms with Crippen LogP contribution in [0, 0.1) is 0 Å². The molecule has 0 saturated heterocycles.